The zero-order chi connectivity index (χ0) is 14.6. The molecule has 2 heterocycles. The number of ether oxygens (including phenoxy) is 1. The summed E-state index contributed by atoms with van der Waals surface area (Å²) in [6, 6.07) is 1.74. The molecule has 1 aliphatic rings. The van der Waals surface area contributed by atoms with Crippen LogP contribution in [-0.4, -0.2) is 34.2 Å². The second-order valence-electron chi connectivity index (χ2n) is 5.01. The molecular weight excluding hydrogens is 296 g/mol. The molecule has 0 saturated carbocycles. The molecule has 7 heteroatoms. The average Bonchev–Trinajstić information content (AvgIpc) is 3.03. The van der Waals surface area contributed by atoms with Gasteiger partial charge in [0.2, 0.25) is 10.0 Å². The average molecular weight is 318 g/mol. The number of sulfonamides is 1. The van der Waals surface area contributed by atoms with E-state index in [-0.39, 0.29) is 12.0 Å². The van der Waals surface area contributed by atoms with Gasteiger partial charge in [-0.15, -0.1) is 11.3 Å². The fourth-order valence-electron chi connectivity index (χ4n) is 2.19. The lowest BCUT2D eigenvalue weighted by molar-refractivity contribution is 0.107. The number of hydrogen-bond donors (Lipinski definition) is 2. The SMILES string of the molecule is CCNCc1cc(S(=O)(=O)NCC2CCOC2C)cs1. The first kappa shape index (κ1) is 15.9. The Morgan fingerprint density at radius 1 is 1.50 bits per heavy atom. The highest BCUT2D eigenvalue weighted by molar-refractivity contribution is 7.89. The second kappa shape index (κ2) is 7.00. The Bertz CT molecular complexity index is 527. The zero-order valence-electron chi connectivity index (χ0n) is 11.9. The fourth-order valence-corrected chi connectivity index (χ4v) is 4.53. The fraction of sp³-hybridized carbons (Fsp3) is 0.692. The maximum absolute atomic E-state index is 12.2. The number of hydrogen-bond acceptors (Lipinski definition) is 5. The smallest absolute Gasteiger partial charge is 0.241 e. The maximum Gasteiger partial charge on any atom is 0.241 e. The van der Waals surface area contributed by atoms with Crippen LogP contribution in [0.2, 0.25) is 0 Å². The molecule has 20 heavy (non-hydrogen) atoms. The Labute approximate surface area is 124 Å². The molecule has 1 aromatic rings. The third-order valence-electron chi connectivity index (χ3n) is 3.56. The minimum Gasteiger partial charge on any atom is -0.378 e. The lowest BCUT2D eigenvalue weighted by Gasteiger charge is -2.14. The van der Waals surface area contributed by atoms with E-state index >= 15 is 0 Å². The molecule has 0 aliphatic carbocycles. The van der Waals surface area contributed by atoms with Crippen LogP contribution in [0.1, 0.15) is 25.1 Å². The van der Waals surface area contributed by atoms with Crippen molar-refractivity contribution in [2.45, 2.75) is 37.8 Å². The van der Waals surface area contributed by atoms with Crippen LogP contribution in [0.4, 0.5) is 0 Å². The predicted octanol–water partition coefficient (Wildman–Crippen LogP) is 1.56. The van der Waals surface area contributed by atoms with Crippen molar-refractivity contribution in [2.24, 2.45) is 5.92 Å². The Morgan fingerprint density at radius 3 is 2.95 bits per heavy atom. The number of thiophene rings is 1. The number of rotatable bonds is 7. The van der Waals surface area contributed by atoms with Crippen molar-refractivity contribution in [2.75, 3.05) is 19.7 Å². The highest BCUT2D eigenvalue weighted by Gasteiger charge is 2.26. The van der Waals surface area contributed by atoms with E-state index in [1.807, 2.05) is 13.8 Å². The van der Waals surface area contributed by atoms with Crippen LogP contribution in [0.3, 0.4) is 0 Å². The van der Waals surface area contributed by atoms with Crippen LogP contribution in [0.25, 0.3) is 0 Å². The highest BCUT2D eigenvalue weighted by Crippen LogP contribution is 2.22. The third-order valence-corrected chi connectivity index (χ3v) is 6.05. The maximum atomic E-state index is 12.2. The number of nitrogens with one attached hydrogen (secondary N) is 2. The molecule has 0 radical (unpaired) electrons. The molecule has 1 aromatic heterocycles. The summed E-state index contributed by atoms with van der Waals surface area (Å²) in [5.41, 5.74) is 0. The minimum absolute atomic E-state index is 0.129. The monoisotopic (exact) mass is 318 g/mol. The summed E-state index contributed by atoms with van der Waals surface area (Å²) in [6.07, 6.45) is 1.04. The first-order valence-corrected chi connectivity index (χ1v) is 9.28. The summed E-state index contributed by atoms with van der Waals surface area (Å²) >= 11 is 1.47. The van der Waals surface area contributed by atoms with E-state index in [0.29, 0.717) is 18.0 Å². The molecule has 114 valence electrons. The van der Waals surface area contributed by atoms with Gasteiger partial charge in [0, 0.05) is 35.9 Å². The Morgan fingerprint density at radius 2 is 2.30 bits per heavy atom. The van der Waals surface area contributed by atoms with Crippen molar-refractivity contribution in [1.29, 1.82) is 0 Å². The van der Waals surface area contributed by atoms with E-state index in [2.05, 4.69) is 10.0 Å². The van der Waals surface area contributed by atoms with Gasteiger partial charge in [0.15, 0.2) is 0 Å². The topological polar surface area (TPSA) is 67.4 Å². The van der Waals surface area contributed by atoms with Crippen molar-refractivity contribution < 1.29 is 13.2 Å². The lowest BCUT2D eigenvalue weighted by Crippen LogP contribution is -2.31. The lowest BCUT2D eigenvalue weighted by atomic mass is 10.0. The molecule has 2 atom stereocenters. The summed E-state index contributed by atoms with van der Waals surface area (Å²) < 4.78 is 32.6. The van der Waals surface area contributed by atoms with Crippen LogP contribution in [-0.2, 0) is 21.3 Å². The zero-order valence-corrected chi connectivity index (χ0v) is 13.5. The summed E-state index contributed by atoms with van der Waals surface area (Å²) in [6.45, 7) is 6.77. The van der Waals surface area contributed by atoms with Crippen LogP contribution >= 0.6 is 11.3 Å². The Hall–Kier alpha value is -0.470. The van der Waals surface area contributed by atoms with Crippen LogP contribution < -0.4 is 10.0 Å². The second-order valence-corrected chi connectivity index (χ2v) is 7.77. The van der Waals surface area contributed by atoms with Crippen LogP contribution in [0, 0.1) is 5.92 Å². The summed E-state index contributed by atoms with van der Waals surface area (Å²) in [4.78, 5) is 1.40. The van der Waals surface area contributed by atoms with Crippen molar-refractivity contribution in [3.63, 3.8) is 0 Å². The summed E-state index contributed by atoms with van der Waals surface area (Å²) in [5, 5.41) is 4.89. The molecule has 2 rings (SSSR count). The largest absolute Gasteiger partial charge is 0.378 e. The molecule has 0 aromatic carbocycles. The molecule has 0 amide bonds. The molecule has 1 saturated heterocycles. The van der Waals surface area contributed by atoms with Gasteiger partial charge in [0.1, 0.15) is 0 Å². The van der Waals surface area contributed by atoms with E-state index in [4.69, 9.17) is 4.74 Å². The van der Waals surface area contributed by atoms with E-state index in [9.17, 15) is 8.42 Å². The van der Waals surface area contributed by atoms with Crippen molar-refractivity contribution in [1.82, 2.24) is 10.0 Å². The molecule has 0 bridgehead atoms. The highest BCUT2D eigenvalue weighted by atomic mass is 32.2. The quantitative estimate of drug-likeness (QED) is 0.801. The van der Waals surface area contributed by atoms with Gasteiger partial charge >= 0.3 is 0 Å². The predicted molar refractivity (Wildman–Crippen MR) is 80.4 cm³/mol. The van der Waals surface area contributed by atoms with Gasteiger partial charge in [-0.2, -0.15) is 0 Å². The standard InChI is InChI=1S/C13H22N2O3S2/c1-3-14-8-12-6-13(9-19-12)20(16,17)15-7-11-4-5-18-10(11)2/h6,9-11,14-15H,3-5,7-8H2,1-2H3. The van der Waals surface area contributed by atoms with Gasteiger partial charge in [-0.25, -0.2) is 13.1 Å². The molecular formula is C13H22N2O3S2. The van der Waals surface area contributed by atoms with Crippen molar-refractivity contribution in [3.05, 3.63) is 16.3 Å². The summed E-state index contributed by atoms with van der Waals surface area (Å²) in [5.74, 6) is 0.268. The van der Waals surface area contributed by atoms with Crippen molar-refractivity contribution in [3.8, 4) is 0 Å². The Kier molecular flexibility index (Phi) is 5.57. The molecule has 2 N–H and O–H groups in total. The molecule has 2 unspecified atom stereocenters. The Balaban J connectivity index is 1.93. The van der Waals surface area contributed by atoms with E-state index in [1.54, 1.807) is 11.4 Å². The van der Waals surface area contributed by atoms with Crippen LogP contribution in [0.15, 0.2) is 16.3 Å². The first-order chi connectivity index (χ1) is 9.53. The van der Waals surface area contributed by atoms with Gasteiger partial charge in [0.05, 0.1) is 11.0 Å². The third kappa shape index (κ3) is 4.02. The van der Waals surface area contributed by atoms with Gasteiger partial charge < -0.3 is 10.1 Å². The summed E-state index contributed by atoms with van der Waals surface area (Å²) in [7, 11) is -3.40. The molecule has 1 fully saturated rings. The van der Waals surface area contributed by atoms with E-state index in [0.717, 1.165) is 24.4 Å². The molecule has 5 nitrogen and oxygen atoms in total. The van der Waals surface area contributed by atoms with Crippen molar-refractivity contribution >= 4 is 21.4 Å². The van der Waals surface area contributed by atoms with Gasteiger partial charge in [-0.3, -0.25) is 0 Å². The van der Waals surface area contributed by atoms with Gasteiger partial charge in [0.25, 0.3) is 0 Å². The minimum atomic E-state index is -3.40. The van der Waals surface area contributed by atoms with Crippen LogP contribution in [0.5, 0.6) is 0 Å². The van der Waals surface area contributed by atoms with E-state index in [1.165, 1.54) is 11.3 Å². The van der Waals surface area contributed by atoms with E-state index < -0.39 is 10.0 Å². The van der Waals surface area contributed by atoms with Gasteiger partial charge in [-0.1, -0.05) is 6.92 Å². The molecule has 1 aliphatic heterocycles. The normalized spacial score (nSPS) is 23.3. The first-order valence-electron chi connectivity index (χ1n) is 6.92. The molecule has 0 spiro atoms. The van der Waals surface area contributed by atoms with Gasteiger partial charge in [-0.05, 0) is 26.0 Å².